The normalized spacial score (nSPS) is 10.3. The number of pyridine rings is 1. The summed E-state index contributed by atoms with van der Waals surface area (Å²) in [6, 6.07) is 16.0. The quantitative estimate of drug-likeness (QED) is 0.588. The minimum atomic E-state index is -0.387. The molecule has 0 radical (unpaired) electrons. The van der Waals surface area contributed by atoms with Gasteiger partial charge >= 0.3 is 5.97 Å². The summed E-state index contributed by atoms with van der Waals surface area (Å²) >= 11 is 0. The molecule has 148 valence electrons. The Morgan fingerprint density at radius 1 is 0.966 bits per heavy atom. The van der Waals surface area contributed by atoms with Crippen LogP contribution in [0.4, 0.5) is 17.2 Å². The summed E-state index contributed by atoms with van der Waals surface area (Å²) in [4.78, 5) is 28.6. The number of rotatable bonds is 6. The Morgan fingerprint density at radius 3 is 2.41 bits per heavy atom. The topological polar surface area (TPSA) is 80.3 Å². The predicted octanol–water partition coefficient (Wildman–Crippen LogP) is 4.87. The summed E-state index contributed by atoms with van der Waals surface area (Å²) < 4.78 is 4.95. The second kappa shape index (κ2) is 9.01. The van der Waals surface area contributed by atoms with E-state index in [-0.39, 0.29) is 11.9 Å². The van der Waals surface area contributed by atoms with Crippen molar-refractivity contribution in [2.24, 2.45) is 0 Å². The molecule has 3 aromatic rings. The van der Waals surface area contributed by atoms with Crippen LogP contribution in [0.2, 0.25) is 0 Å². The maximum Gasteiger partial charge on any atom is 0.338 e. The summed E-state index contributed by atoms with van der Waals surface area (Å²) in [5.41, 5.74) is 4.72. The molecule has 1 aromatic heterocycles. The maximum atomic E-state index is 12.6. The highest BCUT2D eigenvalue weighted by atomic mass is 16.5. The van der Waals surface area contributed by atoms with Crippen LogP contribution < -0.4 is 10.6 Å². The molecule has 3 rings (SSSR count). The van der Waals surface area contributed by atoms with Crippen molar-refractivity contribution in [1.82, 2.24) is 4.98 Å². The van der Waals surface area contributed by atoms with Crippen LogP contribution >= 0.6 is 0 Å². The molecule has 0 atom stereocenters. The van der Waals surface area contributed by atoms with Gasteiger partial charge in [0.15, 0.2) is 0 Å². The number of ether oxygens (including phenoxy) is 1. The monoisotopic (exact) mass is 389 g/mol. The molecule has 0 aliphatic carbocycles. The smallest absolute Gasteiger partial charge is 0.338 e. The zero-order valence-corrected chi connectivity index (χ0v) is 16.7. The molecule has 0 bridgehead atoms. The Morgan fingerprint density at radius 2 is 1.72 bits per heavy atom. The first-order chi connectivity index (χ1) is 14.0. The number of amides is 1. The van der Waals surface area contributed by atoms with Gasteiger partial charge < -0.3 is 15.4 Å². The van der Waals surface area contributed by atoms with Gasteiger partial charge in [-0.3, -0.25) is 4.79 Å². The van der Waals surface area contributed by atoms with Gasteiger partial charge in [0, 0.05) is 23.1 Å². The molecule has 1 heterocycles. The lowest BCUT2D eigenvalue weighted by Gasteiger charge is -2.11. The van der Waals surface area contributed by atoms with Gasteiger partial charge in [-0.05, 0) is 68.8 Å². The Balaban J connectivity index is 1.70. The number of hydrogen-bond acceptors (Lipinski definition) is 5. The van der Waals surface area contributed by atoms with Crippen molar-refractivity contribution in [1.29, 1.82) is 0 Å². The lowest BCUT2D eigenvalue weighted by atomic mass is 10.1. The minimum Gasteiger partial charge on any atom is -0.462 e. The molecule has 1 amide bonds. The number of anilines is 3. The van der Waals surface area contributed by atoms with Crippen molar-refractivity contribution in [3.63, 3.8) is 0 Å². The molecule has 6 heteroatoms. The van der Waals surface area contributed by atoms with E-state index >= 15 is 0 Å². The number of aryl methyl sites for hydroxylation is 2. The minimum absolute atomic E-state index is 0.264. The van der Waals surface area contributed by atoms with Crippen molar-refractivity contribution in [3.8, 4) is 0 Å². The van der Waals surface area contributed by atoms with Gasteiger partial charge in [0.1, 0.15) is 5.82 Å². The zero-order chi connectivity index (χ0) is 20.8. The van der Waals surface area contributed by atoms with Crippen molar-refractivity contribution in [2.75, 3.05) is 17.2 Å². The molecule has 2 N–H and O–H groups in total. The molecule has 2 aromatic carbocycles. The third-order valence-corrected chi connectivity index (χ3v) is 4.32. The van der Waals surface area contributed by atoms with Crippen molar-refractivity contribution >= 4 is 29.1 Å². The molecule has 0 aliphatic heterocycles. The first-order valence-corrected chi connectivity index (χ1v) is 9.35. The molecule has 0 spiro atoms. The number of benzene rings is 2. The van der Waals surface area contributed by atoms with Crippen LogP contribution in [0.15, 0.2) is 60.8 Å². The number of nitrogens with one attached hydrogen (secondary N) is 2. The summed E-state index contributed by atoms with van der Waals surface area (Å²) in [5.74, 6) is -0.0659. The summed E-state index contributed by atoms with van der Waals surface area (Å²) in [6.07, 6.45) is 1.59. The third-order valence-electron chi connectivity index (χ3n) is 4.32. The Labute approximate surface area is 169 Å². The average molecular weight is 389 g/mol. The summed E-state index contributed by atoms with van der Waals surface area (Å²) in [5, 5.41) is 6.07. The van der Waals surface area contributed by atoms with E-state index in [9.17, 15) is 9.59 Å². The van der Waals surface area contributed by atoms with Crippen LogP contribution in [0.3, 0.4) is 0 Å². The number of esters is 1. The lowest BCUT2D eigenvalue weighted by Crippen LogP contribution is -2.13. The third kappa shape index (κ3) is 5.19. The fourth-order valence-electron chi connectivity index (χ4n) is 2.84. The van der Waals surface area contributed by atoms with Crippen LogP contribution in [-0.4, -0.2) is 23.5 Å². The molecular weight excluding hydrogens is 366 g/mol. The lowest BCUT2D eigenvalue weighted by molar-refractivity contribution is 0.0526. The maximum absolute atomic E-state index is 12.6. The van der Waals surface area contributed by atoms with E-state index in [2.05, 4.69) is 21.7 Å². The Hall–Kier alpha value is -3.67. The van der Waals surface area contributed by atoms with E-state index in [1.807, 2.05) is 26.0 Å². The van der Waals surface area contributed by atoms with Crippen LogP contribution in [0.5, 0.6) is 0 Å². The van der Waals surface area contributed by atoms with Gasteiger partial charge in [0.05, 0.1) is 12.2 Å². The summed E-state index contributed by atoms with van der Waals surface area (Å²) in [7, 11) is 0. The molecule has 6 nitrogen and oxygen atoms in total. The number of hydrogen-bond donors (Lipinski definition) is 2. The SMILES string of the molecule is CCOC(=O)c1ccc(NC(=O)c2ccnc(Nc3ccc(C)cc3C)c2)cc1. The highest BCUT2D eigenvalue weighted by Crippen LogP contribution is 2.21. The molecule has 29 heavy (non-hydrogen) atoms. The van der Waals surface area contributed by atoms with Gasteiger partial charge in [-0.25, -0.2) is 9.78 Å². The first kappa shape index (κ1) is 20.1. The van der Waals surface area contributed by atoms with E-state index in [4.69, 9.17) is 4.74 Å². The van der Waals surface area contributed by atoms with Gasteiger partial charge in [-0.2, -0.15) is 0 Å². The van der Waals surface area contributed by atoms with Gasteiger partial charge in [-0.15, -0.1) is 0 Å². The average Bonchev–Trinajstić information content (AvgIpc) is 2.71. The number of nitrogens with zero attached hydrogens (tertiary/aromatic N) is 1. The summed E-state index contributed by atoms with van der Waals surface area (Å²) in [6.45, 7) is 6.13. The van der Waals surface area contributed by atoms with E-state index < -0.39 is 0 Å². The Kier molecular flexibility index (Phi) is 6.24. The fourth-order valence-corrected chi connectivity index (χ4v) is 2.84. The highest BCUT2D eigenvalue weighted by molar-refractivity contribution is 6.05. The molecule has 0 unspecified atom stereocenters. The second-order valence-electron chi connectivity index (χ2n) is 6.63. The number of carbonyl (C=O) groups is 2. The fraction of sp³-hybridized carbons (Fsp3) is 0.174. The standard InChI is InChI=1S/C23H23N3O3/c1-4-29-23(28)17-6-8-19(9-7-17)25-22(27)18-11-12-24-21(14-18)26-20-10-5-15(2)13-16(20)3/h5-14H,4H2,1-3H3,(H,24,26)(H,25,27). The Bertz CT molecular complexity index is 1030. The van der Waals surface area contributed by atoms with E-state index in [1.54, 1.807) is 49.5 Å². The van der Waals surface area contributed by atoms with Crippen LogP contribution in [0, 0.1) is 13.8 Å². The largest absolute Gasteiger partial charge is 0.462 e. The highest BCUT2D eigenvalue weighted by Gasteiger charge is 2.10. The van der Waals surface area contributed by atoms with Gasteiger partial charge in [-0.1, -0.05) is 17.7 Å². The molecule has 0 aliphatic rings. The molecule has 0 saturated carbocycles. The zero-order valence-electron chi connectivity index (χ0n) is 16.7. The first-order valence-electron chi connectivity index (χ1n) is 9.35. The van der Waals surface area contributed by atoms with E-state index in [0.717, 1.165) is 11.3 Å². The number of carbonyl (C=O) groups excluding carboxylic acids is 2. The number of aromatic nitrogens is 1. The second-order valence-corrected chi connectivity index (χ2v) is 6.63. The van der Waals surface area contributed by atoms with Crippen LogP contribution in [-0.2, 0) is 4.74 Å². The molecule has 0 fully saturated rings. The van der Waals surface area contributed by atoms with Crippen molar-refractivity contribution in [3.05, 3.63) is 83.0 Å². The van der Waals surface area contributed by atoms with Gasteiger partial charge in [0.2, 0.25) is 0 Å². The van der Waals surface area contributed by atoms with E-state index in [0.29, 0.717) is 29.2 Å². The van der Waals surface area contributed by atoms with Crippen molar-refractivity contribution in [2.45, 2.75) is 20.8 Å². The molecule has 0 saturated heterocycles. The molecular formula is C23H23N3O3. The predicted molar refractivity (Wildman–Crippen MR) is 114 cm³/mol. The van der Waals surface area contributed by atoms with Gasteiger partial charge in [0.25, 0.3) is 5.91 Å². The van der Waals surface area contributed by atoms with Crippen LogP contribution in [0.1, 0.15) is 38.8 Å². The van der Waals surface area contributed by atoms with Crippen LogP contribution in [0.25, 0.3) is 0 Å². The van der Waals surface area contributed by atoms with Crippen molar-refractivity contribution < 1.29 is 14.3 Å². The van der Waals surface area contributed by atoms with E-state index in [1.165, 1.54) is 5.56 Å².